The van der Waals surface area contributed by atoms with Gasteiger partial charge in [-0.2, -0.15) is 21.6 Å². The molecule has 0 N–H and O–H groups in total. The quantitative estimate of drug-likeness (QED) is 0.633. The van der Waals surface area contributed by atoms with Crippen molar-refractivity contribution in [1.29, 1.82) is 0 Å². The molecule has 0 atom stereocenters. The van der Waals surface area contributed by atoms with Crippen molar-refractivity contribution in [2.75, 3.05) is 7.11 Å². The van der Waals surface area contributed by atoms with E-state index in [1.165, 1.54) is 13.2 Å². The second-order valence-electron chi connectivity index (χ2n) is 4.20. The minimum atomic E-state index is -5.65. The minimum Gasteiger partial charge on any atom is -0.497 e. The molecule has 0 unspecified atom stereocenters. The van der Waals surface area contributed by atoms with Crippen molar-refractivity contribution in [3.05, 3.63) is 23.8 Å². The largest absolute Gasteiger partial charge is 0.534 e. The van der Waals surface area contributed by atoms with Gasteiger partial charge in [-0.05, 0) is 36.5 Å². The molecule has 0 spiro atoms. The summed E-state index contributed by atoms with van der Waals surface area (Å²) in [6.45, 7) is 0. The van der Waals surface area contributed by atoms with Crippen LogP contribution in [-0.2, 0) is 10.1 Å². The van der Waals surface area contributed by atoms with Crippen LogP contribution in [0.2, 0.25) is 0 Å². The predicted octanol–water partition coefficient (Wildman–Crippen LogP) is 2.80. The summed E-state index contributed by atoms with van der Waals surface area (Å²) in [4.78, 5) is 0. The van der Waals surface area contributed by atoms with E-state index < -0.39 is 21.4 Å². The van der Waals surface area contributed by atoms with Crippen LogP contribution >= 0.6 is 0 Å². The van der Waals surface area contributed by atoms with Gasteiger partial charge in [0.1, 0.15) is 11.5 Å². The van der Waals surface area contributed by atoms with Gasteiger partial charge in [-0.15, -0.1) is 0 Å². The molecule has 106 valence electrons. The Morgan fingerprint density at radius 1 is 1.16 bits per heavy atom. The molecule has 1 aliphatic rings. The lowest BCUT2D eigenvalue weighted by atomic mass is 10.1. The number of hydrogen-bond donors (Lipinski definition) is 0. The van der Waals surface area contributed by atoms with Crippen molar-refractivity contribution in [3.63, 3.8) is 0 Å². The Bertz CT molecular complexity index is 576. The summed E-state index contributed by atoms with van der Waals surface area (Å²) in [6, 6.07) is 4.06. The summed E-state index contributed by atoms with van der Waals surface area (Å²) in [5.74, 6) is 0.0985. The maximum absolute atomic E-state index is 12.2. The van der Waals surface area contributed by atoms with Gasteiger partial charge < -0.3 is 8.92 Å². The third kappa shape index (κ3) is 3.12. The average Bonchev–Trinajstić information content (AvgIpc) is 3.10. The Kier molecular flexibility index (Phi) is 3.38. The highest BCUT2D eigenvalue weighted by Gasteiger charge is 2.48. The first-order chi connectivity index (χ1) is 8.73. The van der Waals surface area contributed by atoms with E-state index in [0.717, 1.165) is 18.9 Å². The van der Waals surface area contributed by atoms with Crippen LogP contribution in [0.4, 0.5) is 13.2 Å². The number of benzene rings is 1. The first kappa shape index (κ1) is 14.0. The topological polar surface area (TPSA) is 52.6 Å². The van der Waals surface area contributed by atoms with Gasteiger partial charge in [-0.3, -0.25) is 0 Å². The van der Waals surface area contributed by atoms with Crippen molar-refractivity contribution < 1.29 is 30.5 Å². The molecule has 0 saturated heterocycles. The number of methoxy groups -OCH3 is 1. The van der Waals surface area contributed by atoms with Crippen LogP contribution in [0.1, 0.15) is 24.3 Å². The number of halogens is 3. The molecule has 0 aromatic heterocycles. The highest BCUT2D eigenvalue weighted by Crippen LogP contribution is 2.43. The molecule has 2 rings (SSSR count). The molecule has 0 heterocycles. The van der Waals surface area contributed by atoms with E-state index in [9.17, 15) is 21.6 Å². The zero-order valence-corrected chi connectivity index (χ0v) is 10.7. The van der Waals surface area contributed by atoms with Crippen LogP contribution in [0, 0.1) is 0 Å². The van der Waals surface area contributed by atoms with Crippen molar-refractivity contribution in [1.82, 2.24) is 0 Å². The molecule has 1 saturated carbocycles. The third-order valence-electron chi connectivity index (χ3n) is 2.68. The fourth-order valence-corrected chi connectivity index (χ4v) is 2.03. The molecule has 1 aromatic carbocycles. The maximum Gasteiger partial charge on any atom is 0.534 e. The first-order valence-corrected chi connectivity index (χ1v) is 6.83. The van der Waals surface area contributed by atoms with Crippen molar-refractivity contribution >= 4 is 10.1 Å². The maximum atomic E-state index is 12.2. The van der Waals surface area contributed by atoms with Crippen LogP contribution in [-0.4, -0.2) is 21.0 Å². The minimum absolute atomic E-state index is 0.228. The SMILES string of the molecule is COc1cc(OS(=O)(=O)C(F)(F)F)cc(C2CC2)c1. The molecular weight excluding hydrogens is 285 g/mol. The van der Waals surface area contributed by atoms with Crippen LogP contribution in [0.5, 0.6) is 11.5 Å². The summed E-state index contributed by atoms with van der Waals surface area (Å²) in [5.41, 5.74) is -4.73. The highest BCUT2D eigenvalue weighted by atomic mass is 32.2. The molecule has 4 nitrogen and oxygen atoms in total. The van der Waals surface area contributed by atoms with Gasteiger partial charge in [-0.25, -0.2) is 0 Å². The highest BCUT2D eigenvalue weighted by molar-refractivity contribution is 7.88. The molecule has 0 bridgehead atoms. The molecular formula is C11H11F3O4S. The van der Waals surface area contributed by atoms with Gasteiger partial charge in [0, 0.05) is 6.07 Å². The molecule has 1 fully saturated rings. The van der Waals surface area contributed by atoms with E-state index in [1.54, 1.807) is 6.07 Å². The molecule has 0 aliphatic heterocycles. The summed E-state index contributed by atoms with van der Waals surface area (Å²) >= 11 is 0. The number of ether oxygens (including phenoxy) is 1. The zero-order chi connectivity index (χ0) is 14.3. The van der Waals surface area contributed by atoms with Gasteiger partial charge in [0.05, 0.1) is 7.11 Å². The third-order valence-corrected chi connectivity index (χ3v) is 3.66. The Morgan fingerprint density at radius 2 is 1.74 bits per heavy atom. The second-order valence-corrected chi connectivity index (χ2v) is 5.74. The van der Waals surface area contributed by atoms with E-state index in [2.05, 4.69) is 4.18 Å². The smallest absolute Gasteiger partial charge is 0.497 e. The number of hydrogen-bond acceptors (Lipinski definition) is 4. The first-order valence-electron chi connectivity index (χ1n) is 5.42. The van der Waals surface area contributed by atoms with Crippen molar-refractivity contribution in [3.8, 4) is 11.5 Å². The summed E-state index contributed by atoms with van der Waals surface area (Å²) < 4.78 is 67.6. The monoisotopic (exact) mass is 296 g/mol. The average molecular weight is 296 g/mol. The molecule has 1 aromatic rings. The van der Waals surface area contributed by atoms with Crippen molar-refractivity contribution in [2.24, 2.45) is 0 Å². The fraction of sp³-hybridized carbons (Fsp3) is 0.455. The van der Waals surface area contributed by atoms with E-state index in [1.807, 2.05) is 0 Å². The van der Waals surface area contributed by atoms with E-state index >= 15 is 0 Å². The van der Waals surface area contributed by atoms with Gasteiger partial charge in [-0.1, -0.05) is 0 Å². The molecule has 0 amide bonds. The van der Waals surface area contributed by atoms with Crippen LogP contribution < -0.4 is 8.92 Å². The van der Waals surface area contributed by atoms with Crippen molar-refractivity contribution in [2.45, 2.75) is 24.3 Å². The van der Waals surface area contributed by atoms with Gasteiger partial charge >= 0.3 is 15.6 Å². The Morgan fingerprint density at radius 3 is 2.21 bits per heavy atom. The summed E-state index contributed by atoms with van der Waals surface area (Å²) in [7, 11) is -4.31. The molecule has 8 heteroatoms. The fourth-order valence-electron chi connectivity index (χ4n) is 1.59. The standard InChI is InChI=1S/C11H11F3O4S/c1-17-9-4-8(7-2-3-7)5-10(6-9)18-19(15,16)11(12,13)14/h4-7H,2-3H2,1H3. The number of rotatable bonds is 4. The van der Waals surface area contributed by atoms with Crippen LogP contribution in [0.25, 0.3) is 0 Å². The predicted molar refractivity (Wildman–Crippen MR) is 60.6 cm³/mol. The van der Waals surface area contributed by atoms with E-state index in [4.69, 9.17) is 4.74 Å². The normalized spacial score (nSPS) is 16.2. The van der Waals surface area contributed by atoms with Gasteiger partial charge in [0.25, 0.3) is 0 Å². The Labute approximate surface area is 108 Å². The summed E-state index contributed by atoms with van der Waals surface area (Å²) in [6.07, 6.45) is 1.83. The lowest BCUT2D eigenvalue weighted by Gasteiger charge is -2.12. The van der Waals surface area contributed by atoms with Crippen LogP contribution in [0.3, 0.4) is 0 Å². The zero-order valence-electron chi connectivity index (χ0n) is 9.90. The molecule has 19 heavy (non-hydrogen) atoms. The molecule has 1 aliphatic carbocycles. The van der Waals surface area contributed by atoms with E-state index in [-0.39, 0.29) is 11.7 Å². The number of alkyl halides is 3. The van der Waals surface area contributed by atoms with Crippen LogP contribution in [0.15, 0.2) is 18.2 Å². The Balaban J connectivity index is 2.32. The van der Waals surface area contributed by atoms with Gasteiger partial charge in [0.2, 0.25) is 0 Å². The Hall–Kier alpha value is -1.44. The molecule has 0 radical (unpaired) electrons. The van der Waals surface area contributed by atoms with E-state index in [0.29, 0.717) is 5.56 Å². The lowest BCUT2D eigenvalue weighted by Crippen LogP contribution is -2.28. The second kappa shape index (κ2) is 4.59. The lowest BCUT2D eigenvalue weighted by molar-refractivity contribution is -0.0500. The summed E-state index contributed by atoms with van der Waals surface area (Å²) in [5, 5.41) is 0. The van der Waals surface area contributed by atoms with Gasteiger partial charge in [0.15, 0.2) is 0 Å².